The number of amides is 1. The molecule has 3 aromatic carbocycles. The van der Waals surface area contributed by atoms with Crippen molar-refractivity contribution in [2.24, 2.45) is 5.92 Å². The van der Waals surface area contributed by atoms with Crippen LogP contribution in [0.25, 0.3) is 0 Å². The zero-order valence-electron chi connectivity index (χ0n) is 23.0. The van der Waals surface area contributed by atoms with Gasteiger partial charge < -0.3 is 29.2 Å². The Morgan fingerprint density at radius 3 is 2.29 bits per heavy atom. The van der Waals surface area contributed by atoms with E-state index in [4.69, 9.17) is 25.4 Å². The van der Waals surface area contributed by atoms with Gasteiger partial charge in [0.1, 0.15) is 29.1 Å². The second kappa shape index (κ2) is 10.8. The Hall–Kier alpha value is -4.28. The number of fused-ring (bicyclic) bond motifs is 3. The van der Waals surface area contributed by atoms with E-state index in [1.54, 1.807) is 60.7 Å². The Balaban J connectivity index is 1.81. The second-order valence-electron chi connectivity index (χ2n) is 9.89. The van der Waals surface area contributed by atoms with Crippen molar-refractivity contribution in [3.05, 3.63) is 83.4 Å². The number of aliphatic hydroxyl groups is 2. The largest absolute Gasteiger partial charge is 0.497 e. The van der Waals surface area contributed by atoms with Crippen LogP contribution in [0.3, 0.4) is 0 Å². The molecule has 1 aliphatic heterocycles. The minimum Gasteiger partial charge on any atom is -0.497 e. The van der Waals surface area contributed by atoms with Gasteiger partial charge in [-0.2, -0.15) is 13.1 Å². The minimum atomic E-state index is -4.41. The maximum Gasteiger partial charge on any atom is 0.302 e. The fraction of sp³-hybridized carbons (Fsp3) is 0.300. The molecule has 0 bridgehead atoms. The lowest BCUT2D eigenvalue weighted by Crippen LogP contribution is -2.52. The fourth-order valence-electron chi connectivity index (χ4n) is 6.17. The summed E-state index contributed by atoms with van der Waals surface area (Å²) in [6.45, 7) is -0.368. The molecule has 1 heterocycles. The van der Waals surface area contributed by atoms with Crippen LogP contribution >= 0.6 is 0 Å². The van der Waals surface area contributed by atoms with Crippen LogP contribution in [-0.4, -0.2) is 58.5 Å². The third-order valence-electron chi connectivity index (χ3n) is 7.86. The van der Waals surface area contributed by atoms with Crippen molar-refractivity contribution in [2.75, 3.05) is 27.9 Å². The summed E-state index contributed by atoms with van der Waals surface area (Å²) in [5.41, 5.74) is -3.22. The van der Waals surface area contributed by atoms with Crippen molar-refractivity contribution in [1.29, 1.82) is 0 Å². The molecule has 1 fully saturated rings. The molecule has 0 unspecified atom stereocenters. The number of carbonyl (C=O) groups excluding carboxylic acids is 1. The maximum atomic E-state index is 13.9. The third-order valence-corrected chi connectivity index (χ3v) is 8.85. The summed E-state index contributed by atoms with van der Waals surface area (Å²) in [4.78, 5) is 13.9. The number of carbonyl (C=O) groups is 1. The van der Waals surface area contributed by atoms with E-state index in [9.17, 15) is 23.4 Å². The molecule has 220 valence electrons. The molecular formula is C30H30N2O9S. The second-order valence-corrected chi connectivity index (χ2v) is 11.4. The Bertz CT molecular complexity index is 1640. The lowest BCUT2D eigenvalue weighted by Gasteiger charge is -2.40. The highest BCUT2D eigenvalue weighted by atomic mass is 32.2. The van der Waals surface area contributed by atoms with E-state index in [0.717, 1.165) is 0 Å². The number of methoxy groups -OCH3 is 3. The number of aliphatic hydroxyl groups excluding tert-OH is 1. The molecule has 1 aliphatic carbocycles. The van der Waals surface area contributed by atoms with E-state index in [1.165, 1.54) is 27.4 Å². The van der Waals surface area contributed by atoms with Gasteiger partial charge in [-0.15, -0.1) is 6.42 Å². The van der Waals surface area contributed by atoms with Crippen LogP contribution in [0.4, 0.5) is 0 Å². The van der Waals surface area contributed by atoms with Crippen LogP contribution in [-0.2, 0) is 26.2 Å². The molecule has 0 saturated heterocycles. The summed E-state index contributed by atoms with van der Waals surface area (Å²) >= 11 is 0. The van der Waals surface area contributed by atoms with Gasteiger partial charge in [-0.05, 0) is 23.3 Å². The molecule has 2 aliphatic rings. The highest BCUT2D eigenvalue weighted by Crippen LogP contribution is 2.70. The molecular weight excluding hydrogens is 564 g/mol. The van der Waals surface area contributed by atoms with Crippen molar-refractivity contribution < 1.29 is 42.4 Å². The van der Waals surface area contributed by atoms with E-state index in [1.807, 2.05) is 4.72 Å². The molecule has 5 atom stereocenters. The summed E-state index contributed by atoms with van der Waals surface area (Å²) < 4.78 is 52.4. The lowest BCUT2D eigenvalue weighted by molar-refractivity contribution is -0.154. The van der Waals surface area contributed by atoms with Crippen LogP contribution in [0.5, 0.6) is 23.0 Å². The zero-order chi connectivity index (χ0) is 30.3. The number of benzene rings is 3. The predicted octanol–water partition coefficient (Wildman–Crippen LogP) is 1.55. The number of rotatable bonds is 9. The molecule has 12 heteroatoms. The van der Waals surface area contributed by atoms with Crippen LogP contribution in [0, 0.1) is 18.3 Å². The van der Waals surface area contributed by atoms with Crippen molar-refractivity contribution in [1.82, 2.24) is 9.44 Å². The van der Waals surface area contributed by atoms with Crippen LogP contribution in [0.2, 0.25) is 0 Å². The monoisotopic (exact) mass is 594 g/mol. The van der Waals surface area contributed by atoms with Crippen molar-refractivity contribution in [3.8, 4) is 35.3 Å². The summed E-state index contributed by atoms with van der Waals surface area (Å²) in [6, 6.07) is 18.4. The first-order valence-electron chi connectivity index (χ1n) is 12.9. The molecule has 1 saturated carbocycles. The number of hydrogen-bond acceptors (Lipinski definition) is 9. The molecule has 1 amide bonds. The Morgan fingerprint density at radius 2 is 1.69 bits per heavy atom. The van der Waals surface area contributed by atoms with Crippen molar-refractivity contribution >= 4 is 16.1 Å². The van der Waals surface area contributed by atoms with Gasteiger partial charge in [0.05, 0.1) is 39.4 Å². The minimum absolute atomic E-state index is 0.0821. The Kier molecular flexibility index (Phi) is 7.55. The zero-order valence-corrected chi connectivity index (χ0v) is 23.8. The van der Waals surface area contributed by atoms with Gasteiger partial charge in [0.25, 0.3) is 0 Å². The molecule has 42 heavy (non-hydrogen) atoms. The van der Waals surface area contributed by atoms with E-state index < -0.39 is 45.3 Å². The van der Waals surface area contributed by atoms with Gasteiger partial charge in [0, 0.05) is 18.1 Å². The summed E-state index contributed by atoms with van der Waals surface area (Å²) in [5, 5.41) is 24.9. The summed E-state index contributed by atoms with van der Waals surface area (Å²) in [7, 11) is -0.0637. The van der Waals surface area contributed by atoms with E-state index in [2.05, 4.69) is 10.6 Å². The highest BCUT2D eigenvalue weighted by molar-refractivity contribution is 7.88. The quantitative estimate of drug-likeness (QED) is 0.270. The molecule has 0 radical (unpaired) electrons. The summed E-state index contributed by atoms with van der Waals surface area (Å²) in [5.74, 6) is -0.431. The van der Waals surface area contributed by atoms with Gasteiger partial charge in [-0.3, -0.25) is 4.79 Å². The van der Waals surface area contributed by atoms with Crippen molar-refractivity contribution in [2.45, 2.75) is 23.2 Å². The average molecular weight is 595 g/mol. The van der Waals surface area contributed by atoms with Gasteiger partial charge in [-0.1, -0.05) is 48.4 Å². The van der Waals surface area contributed by atoms with E-state index in [0.29, 0.717) is 22.6 Å². The smallest absolute Gasteiger partial charge is 0.302 e. The highest BCUT2D eigenvalue weighted by Gasteiger charge is 2.78. The number of nitrogens with one attached hydrogen (secondary N) is 2. The number of terminal acetylenes is 1. The first-order valence-corrected chi connectivity index (χ1v) is 14.4. The average Bonchev–Trinajstić information content (AvgIpc) is 3.38. The molecule has 0 spiro atoms. The maximum absolute atomic E-state index is 13.9. The standard InChI is InChI=1S/C30H30N2O9S/c1-5-15-31-42(36,37)32-28(34)24-25(18-9-7-6-8-10-18)30(19-11-13-20(38-2)14-12-19)29(35,27(24)33)26-22(40-4)16-21(39-3)17-23(26)41-30/h1,6-14,16-17,24-25,27,31,33,35H,15H2,2-4H3,(H,32,34)/t24-,25-,27-,29+,30+/m1/s1. The number of ether oxygens (including phenoxy) is 4. The van der Waals surface area contributed by atoms with Gasteiger partial charge in [0.15, 0.2) is 11.2 Å². The Labute approximate surface area is 243 Å². The topological polar surface area (TPSA) is 153 Å². The molecule has 11 nitrogen and oxygen atoms in total. The lowest BCUT2D eigenvalue weighted by atomic mass is 9.70. The first-order chi connectivity index (χ1) is 20.1. The van der Waals surface area contributed by atoms with Crippen LogP contribution in [0.1, 0.15) is 22.6 Å². The SMILES string of the molecule is C#CCNS(=O)(=O)NC(=O)[C@H]1[C@@H](O)[C@@]2(O)c3c(OC)cc(OC)cc3O[C@@]2(c2ccc(OC)cc2)[C@@H]1c1ccccc1. The normalized spacial score (nSPS) is 25.9. The van der Waals surface area contributed by atoms with Gasteiger partial charge in [0.2, 0.25) is 5.91 Å². The van der Waals surface area contributed by atoms with Crippen molar-refractivity contribution in [3.63, 3.8) is 0 Å². The molecule has 4 N–H and O–H groups in total. The first kappa shape index (κ1) is 29.2. The molecule has 3 aromatic rings. The molecule has 5 rings (SSSR count). The van der Waals surface area contributed by atoms with Crippen LogP contribution < -0.4 is 28.4 Å². The van der Waals surface area contributed by atoms with E-state index in [-0.39, 0.29) is 23.6 Å². The third kappa shape index (κ3) is 4.33. The summed E-state index contributed by atoms with van der Waals surface area (Å²) in [6.07, 6.45) is 3.28. The van der Waals surface area contributed by atoms with E-state index >= 15 is 0 Å². The Morgan fingerprint density at radius 1 is 1.02 bits per heavy atom. The molecule has 0 aromatic heterocycles. The van der Waals surface area contributed by atoms with Gasteiger partial charge in [-0.25, -0.2) is 4.72 Å². The van der Waals surface area contributed by atoms with Gasteiger partial charge >= 0.3 is 10.2 Å². The number of hydrogen-bond donors (Lipinski definition) is 4. The van der Waals surface area contributed by atoms with Crippen LogP contribution in [0.15, 0.2) is 66.7 Å². The predicted molar refractivity (Wildman–Crippen MR) is 151 cm³/mol. The fourth-order valence-corrected chi connectivity index (χ4v) is 6.91.